The predicted molar refractivity (Wildman–Crippen MR) is 153 cm³/mol. The Morgan fingerprint density at radius 1 is 1.13 bits per heavy atom. The van der Waals surface area contributed by atoms with E-state index in [4.69, 9.17) is 10.5 Å². The maximum atomic E-state index is 13.0. The van der Waals surface area contributed by atoms with Crippen molar-refractivity contribution in [1.82, 2.24) is 19.9 Å². The molecule has 1 fully saturated rings. The van der Waals surface area contributed by atoms with E-state index >= 15 is 0 Å². The summed E-state index contributed by atoms with van der Waals surface area (Å²) < 4.78 is 7.63. The van der Waals surface area contributed by atoms with Crippen LogP contribution in [0.3, 0.4) is 0 Å². The molecule has 39 heavy (non-hydrogen) atoms. The van der Waals surface area contributed by atoms with Gasteiger partial charge in [-0.2, -0.15) is 0 Å². The lowest BCUT2D eigenvalue weighted by atomic mass is 9.85. The van der Waals surface area contributed by atoms with Crippen LogP contribution in [0.15, 0.2) is 60.9 Å². The third-order valence-corrected chi connectivity index (χ3v) is 7.31. The Hall–Kier alpha value is -4.66. The molecule has 0 unspecified atom stereocenters. The highest BCUT2D eigenvalue weighted by Gasteiger charge is 2.24. The Labute approximate surface area is 227 Å². The Bertz CT molecular complexity index is 1580. The number of hydrogen-bond acceptors (Lipinski definition) is 6. The van der Waals surface area contributed by atoms with E-state index in [-0.39, 0.29) is 11.8 Å². The summed E-state index contributed by atoms with van der Waals surface area (Å²) in [6.07, 6.45) is 4.98. The number of nitrogen functional groups attached to an aromatic ring is 1. The van der Waals surface area contributed by atoms with Gasteiger partial charge in [0.1, 0.15) is 23.5 Å². The molecule has 5 rings (SSSR count). The number of benzene rings is 2. The number of nitrogens with zero attached hydrogens (tertiary/aromatic N) is 3. The minimum atomic E-state index is -0.236. The molecular weight excluding hydrogens is 492 g/mol. The van der Waals surface area contributed by atoms with Crippen LogP contribution in [0.2, 0.25) is 0 Å². The molecule has 2 heterocycles. The van der Waals surface area contributed by atoms with E-state index in [1.54, 1.807) is 20.1 Å². The molecule has 2 aromatic heterocycles. The summed E-state index contributed by atoms with van der Waals surface area (Å²) in [4.78, 5) is 33.8. The summed E-state index contributed by atoms with van der Waals surface area (Å²) in [7, 11) is 3.48. The van der Waals surface area contributed by atoms with Crippen molar-refractivity contribution in [3.8, 4) is 28.1 Å². The Kier molecular flexibility index (Phi) is 7.06. The SMILES string of the molecule is C=C(C)C(=O)Nc1ccc(-c2c(-c3ccc(C(=O)NCC4CCC4)c(OC)c3)c3c(N)ncnc3n2C)cc1. The fraction of sp³-hybridized carbons (Fsp3) is 0.267. The van der Waals surface area contributed by atoms with E-state index in [2.05, 4.69) is 27.2 Å². The summed E-state index contributed by atoms with van der Waals surface area (Å²) in [5, 5.41) is 6.58. The zero-order valence-corrected chi connectivity index (χ0v) is 22.4. The van der Waals surface area contributed by atoms with Crippen LogP contribution in [0.25, 0.3) is 33.4 Å². The second-order valence-electron chi connectivity index (χ2n) is 9.97. The third-order valence-electron chi connectivity index (χ3n) is 7.31. The molecule has 1 aliphatic rings. The standard InChI is InChI=1S/C30H32N6O3/c1-17(2)29(37)35-21-11-8-19(9-12-21)26-24(25-27(31)33-16-34-28(25)36(26)3)20-10-13-22(23(14-20)39-4)30(38)32-15-18-6-5-7-18/h8-14,16,18H,1,5-7,15H2,2-4H3,(H,32,38)(H,35,37)(H2,31,33,34). The van der Waals surface area contributed by atoms with Crippen LogP contribution in [0.4, 0.5) is 11.5 Å². The van der Waals surface area contributed by atoms with Gasteiger partial charge in [0.25, 0.3) is 11.8 Å². The van der Waals surface area contributed by atoms with Crippen molar-refractivity contribution < 1.29 is 14.3 Å². The van der Waals surface area contributed by atoms with Gasteiger partial charge in [-0.25, -0.2) is 9.97 Å². The van der Waals surface area contributed by atoms with Gasteiger partial charge in [-0.05, 0) is 61.1 Å². The van der Waals surface area contributed by atoms with E-state index < -0.39 is 0 Å². The van der Waals surface area contributed by atoms with Gasteiger partial charge in [0.15, 0.2) is 0 Å². The number of aryl methyl sites for hydroxylation is 1. The summed E-state index contributed by atoms with van der Waals surface area (Å²) in [5.41, 5.74) is 12.0. The second-order valence-corrected chi connectivity index (χ2v) is 9.97. The van der Waals surface area contributed by atoms with Crippen LogP contribution >= 0.6 is 0 Å². The molecule has 0 spiro atoms. The highest BCUT2D eigenvalue weighted by atomic mass is 16.5. The fourth-order valence-electron chi connectivity index (χ4n) is 4.91. The first-order valence-electron chi connectivity index (χ1n) is 12.9. The van der Waals surface area contributed by atoms with Crippen molar-refractivity contribution in [3.05, 3.63) is 66.5 Å². The molecule has 1 saturated carbocycles. The number of aromatic nitrogens is 3. The molecule has 1 aliphatic carbocycles. The summed E-state index contributed by atoms with van der Waals surface area (Å²) >= 11 is 0. The highest BCUT2D eigenvalue weighted by Crippen LogP contribution is 2.43. The van der Waals surface area contributed by atoms with Crippen molar-refractivity contribution >= 4 is 34.4 Å². The number of rotatable bonds is 8. The number of ether oxygens (including phenoxy) is 1. The van der Waals surface area contributed by atoms with Gasteiger partial charge in [0, 0.05) is 30.4 Å². The van der Waals surface area contributed by atoms with Crippen LogP contribution in [0.1, 0.15) is 36.5 Å². The van der Waals surface area contributed by atoms with Crippen LogP contribution in [0, 0.1) is 5.92 Å². The average molecular weight is 525 g/mol. The molecule has 200 valence electrons. The number of hydrogen-bond donors (Lipinski definition) is 3. The average Bonchev–Trinajstić information content (AvgIpc) is 3.21. The van der Waals surface area contributed by atoms with Crippen LogP contribution in [0.5, 0.6) is 5.75 Å². The van der Waals surface area contributed by atoms with Crippen LogP contribution in [-0.2, 0) is 11.8 Å². The molecule has 4 aromatic rings. The normalized spacial score (nSPS) is 13.1. The monoisotopic (exact) mass is 524 g/mol. The van der Waals surface area contributed by atoms with Crippen molar-refractivity contribution in [2.45, 2.75) is 26.2 Å². The Morgan fingerprint density at radius 2 is 1.85 bits per heavy atom. The molecule has 4 N–H and O–H groups in total. The van der Waals surface area contributed by atoms with Gasteiger partial charge in [0.05, 0.1) is 23.8 Å². The lowest BCUT2D eigenvalue weighted by Gasteiger charge is -2.25. The summed E-state index contributed by atoms with van der Waals surface area (Å²) in [5.74, 6) is 0.984. The van der Waals surface area contributed by atoms with Gasteiger partial charge in [-0.1, -0.05) is 31.2 Å². The van der Waals surface area contributed by atoms with Gasteiger partial charge < -0.3 is 25.7 Å². The maximum absolute atomic E-state index is 13.0. The number of carbonyl (C=O) groups is 2. The second kappa shape index (κ2) is 10.6. The molecule has 2 amide bonds. The molecule has 0 saturated heterocycles. The first kappa shape index (κ1) is 26.0. The number of fused-ring (bicyclic) bond motifs is 1. The summed E-state index contributed by atoms with van der Waals surface area (Å²) in [6.45, 7) is 6.02. The number of anilines is 2. The van der Waals surface area contributed by atoms with E-state index in [0.29, 0.717) is 51.9 Å². The van der Waals surface area contributed by atoms with Crippen molar-refractivity contribution in [1.29, 1.82) is 0 Å². The molecule has 2 aromatic carbocycles. The van der Waals surface area contributed by atoms with E-state index in [0.717, 1.165) is 35.2 Å². The first-order chi connectivity index (χ1) is 18.8. The third kappa shape index (κ3) is 4.95. The molecule has 9 nitrogen and oxygen atoms in total. The number of nitrogens with two attached hydrogens (primary N) is 1. The van der Waals surface area contributed by atoms with Gasteiger partial charge in [-0.3, -0.25) is 9.59 Å². The van der Waals surface area contributed by atoms with Crippen LogP contribution in [-0.4, -0.2) is 40.0 Å². The lowest BCUT2D eigenvalue weighted by Crippen LogP contribution is -2.32. The van der Waals surface area contributed by atoms with Gasteiger partial charge in [-0.15, -0.1) is 0 Å². The smallest absolute Gasteiger partial charge is 0.255 e. The van der Waals surface area contributed by atoms with Gasteiger partial charge in [0.2, 0.25) is 0 Å². The Balaban J connectivity index is 1.58. The molecule has 0 aliphatic heterocycles. The highest BCUT2D eigenvalue weighted by molar-refractivity contribution is 6.09. The van der Waals surface area contributed by atoms with E-state index in [1.807, 2.05) is 48.0 Å². The zero-order chi connectivity index (χ0) is 27.7. The number of carbonyl (C=O) groups excluding carboxylic acids is 2. The predicted octanol–water partition coefficient (Wildman–Crippen LogP) is 4.94. The number of nitrogens with one attached hydrogen (secondary N) is 2. The minimum absolute atomic E-state index is 0.154. The number of methoxy groups -OCH3 is 1. The van der Waals surface area contributed by atoms with Crippen molar-refractivity contribution in [2.24, 2.45) is 13.0 Å². The molecule has 0 atom stereocenters. The maximum Gasteiger partial charge on any atom is 0.255 e. The largest absolute Gasteiger partial charge is 0.496 e. The summed E-state index contributed by atoms with van der Waals surface area (Å²) in [6, 6.07) is 13.1. The quantitative estimate of drug-likeness (QED) is 0.281. The first-order valence-corrected chi connectivity index (χ1v) is 12.9. The van der Waals surface area contributed by atoms with Crippen molar-refractivity contribution in [2.75, 3.05) is 24.7 Å². The topological polar surface area (TPSA) is 124 Å². The minimum Gasteiger partial charge on any atom is -0.496 e. The molecular formula is C30H32N6O3. The van der Waals surface area contributed by atoms with Crippen LogP contribution < -0.4 is 21.1 Å². The van der Waals surface area contributed by atoms with E-state index in [9.17, 15) is 9.59 Å². The molecule has 9 heteroatoms. The number of amides is 2. The fourth-order valence-corrected chi connectivity index (χ4v) is 4.91. The van der Waals surface area contributed by atoms with E-state index in [1.165, 1.54) is 12.7 Å². The molecule has 0 radical (unpaired) electrons. The molecule has 0 bridgehead atoms. The lowest BCUT2D eigenvalue weighted by molar-refractivity contribution is -0.112. The Morgan fingerprint density at radius 3 is 2.49 bits per heavy atom. The van der Waals surface area contributed by atoms with Crippen molar-refractivity contribution in [3.63, 3.8) is 0 Å². The van der Waals surface area contributed by atoms with Gasteiger partial charge >= 0.3 is 0 Å². The zero-order valence-electron chi connectivity index (χ0n) is 22.4.